The molecule has 2 aliphatic rings. The first-order valence-corrected chi connectivity index (χ1v) is 14.1. The van der Waals surface area contributed by atoms with Crippen molar-refractivity contribution in [1.82, 2.24) is 24.1 Å². The number of hydrogen-bond donors (Lipinski definition) is 0. The van der Waals surface area contributed by atoms with E-state index in [2.05, 4.69) is 9.97 Å². The van der Waals surface area contributed by atoms with Gasteiger partial charge >= 0.3 is 12.0 Å². The van der Waals surface area contributed by atoms with Crippen LogP contribution < -0.4 is 4.74 Å². The monoisotopic (exact) mass is 561 g/mol. The molecule has 0 aliphatic carbocycles. The van der Waals surface area contributed by atoms with Gasteiger partial charge in [0, 0.05) is 45.2 Å². The van der Waals surface area contributed by atoms with Gasteiger partial charge in [-0.15, -0.1) is 0 Å². The first-order chi connectivity index (χ1) is 16.6. The molecule has 2 amide bonds. The number of piperazine rings is 1. The number of carbonyl (C=O) groups excluding carboxylic acids is 1. The van der Waals surface area contributed by atoms with Gasteiger partial charge in [-0.2, -0.15) is 4.31 Å². The molecule has 2 unspecified atom stereocenters. The molecule has 3 heterocycles. The lowest BCUT2D eigenvalue weighted by atomic mass is 9.87. The minimum atomic E-state index is -3.26. The van der Waals surface area contributed by atoms with Gasteiger partial charge in [-0.25, -0.2) is 23.2 Å². The van der Waals surface area contributed by atoms with Crippen molar-refractivity contribution < 1.29 is 17.9 Å². The van der Waals surface area contributed by atoms with Crippen LogP contribution in [0.25, 0.3) is 0 Å². The Labute approximate surface area is 220 Å². The summed E-state index contributed by atoms with van der Waals surface area (Å²) in [6.07, 6.45) is 4.81. The number of nitrogens with zero attached hydrogens (tertiary/aromatic N) is 5. The number of benzene rings is 1. The molecule has 35 heavy (non-hydrogen) atoms. The Kier molecular flexibility index (Phi) is 8.27. The van der Waals surface area contributed by atoms with Crippen LogP contribution in [-0.4, -0.2) is 90.7 Å². The third-order valence-corrected chi connectivity index (χ3v) is 8.62. The zero-order valence-corrected chi connectivity index (χ0v) is 22.2. The van der Waals surface area contributed by atoms with Crippen LogP contribution in [0.4, 0.5) is 4.79 Å². The highest BCUT2D eigenvalue weighted by atomic mass is 35.5. The maximum Gasteiger partial charge on any atom is 0.320 e. The van der Waals surface area contributed by atoms with Crippen molar-refractivity contribution in [1.29, 1.82) is 0 Å². The molecular weight excluding hydrogens is 537 g/mol. The molecule has 0 spiro atoms. The third kappa shape index (κ3) is 6.48. The Morgan fingerprint density at radius 1 is 1.03 bits per heavy atom. The molecule has 0 N–H and O–H groups in total. The molecule has 2 aromatic rings. The lowest BCUT2D eigenvalue weighted by molar-refractivity contribution is 0.140. The number of halogens is 3. The topological polar surface area (TPSA) is 95.9 Å². The first kappa shape index (κ1) is 26.2. The van der Waals surface area contributed by atoms with E-state index in [-0.39, 0.29) is 23.9 Å². The summed E-state index contributed by atoms with van der Waals surface area (Å²) >= 11 is 18.2. The predicted octanol–water partition coefficient (Wildman–Crippen LogP) is 3.62. The van der Waals surface area contributed by atoms with Gasteiger partial charge in [0.2, 0.25) is 10.0 Å². The fourth-order valence-electron chi connectivity index (χ4n) is 4.53. The van der Waals surface area contributed by atoms with Crippen LogP contribution in [0.15, 0.2) is 30.6 Å². The number of aromatic nitrogens is 2. The van der Waals surface area contributed by atoms with Crippen LogP contribution in [0.5, 0.6) is 6.01 Å². The molecular formula is C22H26Cl3N5O4S. The number of carbonyl (C=O) groups is 1. The summed E-state index contributed by atoms with van der Waals surface area (Å²) < 4.78 is 30.7. The van der Waals surface area contributed by atoms with Gasteiger partial charge in [-0.3, -0.25) is 0 Å². The summed E-state index contributed by atoms with van der Waals surface area (Å²) in [5.74, 6) is 0.154. The summed E-state index contributed by atoms with van der Waals surface area (Å²) in [4.78, 5) is 24.9. The van der Waals surface area contributed by atoms with Crippen LogP contribution in [0.1, 0.15) is 17.9 Å². The average Bonchev–Trinajstić information content (AvgIpc) is 3.25. The Morgan fingerprint density at radius 3 is 2.34 bits per heavy atom. The van der Waals surface area contributed by atoms with E-state index < -0.39 is 10.0 Å². The number of sulfonamides is 1. The van der Waals surface area contributed by atoms with Gasteiger partial charge in [-0.1, -0.05) is 40.9 Å². The van der Waals surface area contributed by atoms with Crippen molar-refractivity contribution >= 4 is 50.9 Å². The summed E-state index contributed by atoms with van der Waals surface area (Å²) in [7, 11) is -3.26. The molecule has 0 saturated carbocycles. The maximum atomic E-state index is 13.3. The SMILES string of the molecule is CS(=O)(=O)N1CCN(C(=O)N2CC(CCOc3ncc(Cl)cn3)C(c3ccc(Cl)c(Cl)c3)C2)CC1. The molecule has 0 radical (unpaired) electrons. The quantitative estimate of drug-likeness (QED) is 0.534. The van der Waals surface area contributed by atoms with Crippen molar-refractivity contribution in [3.63, 3.8) is 0 Å². The van der Waals surface area contributed by atoms with E-state index in [1.807, 2.05) is 17.0 Å². The van der Waals surface area contributed by atoms with Crippen molar-refractivity contribution in [3.8, 4) is 6.01 Å². The summed E-state index contributed by atoms with van der Waals surface area (Å²) in [6, 6.07) is 5.71. The number of hydrogen-bond acceptors (Lipinski definition) is 6. The average molecular weight is 563 g/mol. The summed E-state index contributed by atoms with van der Waals surface area (Å²) in [6.45, 7) is 2.76. The van der Waals surface area contributed by atoms with Gasteiger partial charge in [0.1, 0.15) is 0 Å². The Bertz CT molecular complexity index is 1160. The van der Waals surface area contributed by atoms with Gasteiger partial charge < -0.3 is 14.5 Å². The predicted molar refractivity (Wildman–Crippen MR) is 135 cm³/mol. The minimum Gasteiger partial charge on any atom is -0.463 e. The lowest BCUT2D eigenvalue weighted by Crippen LogP contribution is -2.53. The fourth-order valence-corrected chi connectivity index (χ4v) is 5.76. The maximum absolute atomic E-state index is 13.3. The van der Waals surface area contributed by atoms with Crippen molar-refractivity contribution in [2.75, 3.05) is 52.1 Å². The zero-order chi connectivity index (χ0) is 25.2. The van der Waals surface area contributed by atoms with Gasteiger partial charge in [0.25, 0.3) is 0 Å². The molecule has 1 aromatic heterocycles. The number of amides is 2. The molecule has 4 rings (SSSR count). The largest absolute Gasteiger partial charge is 0.463 e. The normalized spacial score (nSPS) is 21.4. The Hall–Kier alpha value is -1.85. The number of rotatable bonds is 6. The van der Waals surface area contributed by atoms with E-state index >= 15 is 0 Å². The second-order valence-corrected chi connectivity index (χ2v) is 11.9. The smallest absolute Gasteiger partial charge is 0.320 e. The molecule has 13 heteroatoms. The van der Waals surface area contributed by atoms with Crippen molar-refractivity contribution in [3.05, 3.63) is 51.2 Å². The Balaban J connectivity index is 1.44. The van der Waals surface area contributed by atoms with Gasteiger partial charge in [0.15, 0.2) is 0 Å². The van der Waals surface area contributed by atoms with Crippen molar-refractivity contribution in [2.24, 2.45) is 5.92 Å². The van der Waals surface area contributed by atoms with Crippen LogP contribution in [-0.2, 0) is 10.0 Å². The minimum absolute atomic E-state index is 0.0424. The highest BCUT2D eigenvalue weighted by Crippen LogP contribution is 2.37. The van der Waals surface area contributed by atoms with Gasteiger partial charge in [-0.05, 0) is 30.0 Å². The van der Waals surface area contributed by atoms with E-state index in [1.54, 1.807) is 11.0 Å². The fraction of sp³-hybridized carbons (Fsp3) is 0.500. The zero-order valence-electron chi connectivity index (χ0n) is 19.1. The number of likely N-dealkylation sites (tertiary alicyclic amines) is 1. The molecule has 2 saturated heterocycles. The highest BCUT2D eigenvalue weighted by molar-refractivity contribution is 7.88. The van der Waals surface area contributed by atoms with Crippen LogP contribution in [0.2, 0.25) is 15.1 Å². The molecule has 2 aliphatic heterocycles. The standard InChI is InChI=1S/C22H26Cl3N5O4S/c1-35(32,33)30-7-5-28(6-8-30)22(31)29-13-16(4-9-34-21-26-11-17(23)12-27-21)18(14-29)15-2-3-19(24)20(25)10-15/h2-3,10-12,16,18H,4-9,13-14H2,1H3. The summed E-state index contributed by atoms with van der Waals surface area (Å²) in [5.41, 5.74) is 1.00. The third-order valence-electron chi connectivity index (χ3n) is 6.38. The van der Waals surface area contributed by atoms with Crippen LogP contribution in [0, 0.1) is 5.92 Å². The molecule has 2 atom stereocenters. The number of ether oxygens (including phenoxy) is 1. The lowest BCUT2D eigenvalue weighted by Gasteiger charge is -2.35. The molecule has 9 nitrogen and oxygen atoms in total. The molecule has 190 valence electrons. The number of urea groups is 1. The highest BCUT2D eigenvalue weighted by Gasteiger charge is 2.38. The van der Waals surface area contributed by atoms with Crippen LogP contribution >= 0.6 is 34.8 Å². The van der Waals surface area contributed by atoms with E-state index in [0.29, 0.717) is 67.4 Å². The first-order valence-electron chi connectivity index (χ1n) is 11.2. The molecule has 1 aromatic carbocycles. The Morgan fingerprint density at radius 2 is 1.71 bits per heavy atom. The summed E-state index contributed by atoms with van der Waals surface area (Å²) in [5, 5.41) is 1.37. The van der Waals surface area contributed by atoms with Crippen LogP contribution in [0.3, 0.4) is 0 Å². The second-order valence-electron chi connectivity index (χ2n) is 8.70. The second kappa shape index (κ2) is 11.0. The van der Waals surface area contributed by atoms with E-state index in [0.717, 1.165) is 5.56 Å². The molecule has 0 bridgehead atoms. The molecule has 2 fully saturated rings. The van der Waals surface area contributed by atoms with E-state index in [9.17, 15) is 13.2 Å². The van der Waals surface area contributed by atoms with E-state index in [1.165, 1.54) is 23.0 Å². The van der Waals surface area contributed by atoms with E-state index in [4.69, 9.17) is 39.5 Å². The van der Waals surface area contributed by atoms with Gasteiger partial charge in [0.05, 0.1) is 40.3 Å². The van der Waals surface area contributed by atoms with Crippen molar-refractivity contribution in [2.45, 2.75) is 12.3 Å².